The Labute approximate surface area is 141 Å². The number of amides is 1. The normalized spacial score (nSPS) is 19.9. The molecule has 0 spiro atoms. The van der Waals surface area contributed by atoms with E-state index in [9.17, 15) is 9.59 Å². The highest BCUT2D eigenvalue weighted by atomic mass is 16.6. The van der Waals surface area contributed by atoms with Crippen molar-refractivity contribution < 1.29 is 14.3 Å². The lowest BCUT2D eigenvalue weighted by Gasteiger charge is -2.26. The van der Waals surface area contributed by atoms with Crippen molar-refractivity contribution in [2.75, 3.05) is 0 Å². The molecular formula is C20H19NO3. The second-order valence-corrected chi connectivity index (χ2v) is 5.66. The summed E-state index contributed by atoms with van der Waals surface area (Å²) >= 11 is 0. The number of rotatable bonds is 5. The fraction of sp³-hybridized carbons (Fsp3) is 0.200. The number of nitrogens with zero attached hydrogens (tertiary/aromatic N) is 1. The number of hydrogen-bond donors (Lipinski definition) is 0. The van der Waals surface area contributed by atoms with Crippen molar-refractivity contribution >= 4 is 11.9 Å². The van der Waals surface area contributed by atoms with Crippen LogP contribution in [0.15, 0.2) is 72.9 Å². The van der Waals surface area contributed by atoms with Crippen LogP contribution in [0.5, 0.6) is 0 Å². The van der Waals surface area contributed by atoms with Crippen LogP contribution < -0.4 is 0 Å². The van der Waals surface area contributed by atoms with Crippen LogP contribution in [0.25, 0.3) is 0 Å². The van der Waals surface area contributed by atoms with Gasteiger partial charge in [-0.05, 0) is 11.1 Å². The first-order chi connectivity index (χ1) is 11.6. The lowest BCUT2D eigenvalue weighted by molar-refractivity contribution is -0.116. The van der Waals surface area contributed by atoms with Gasteiger partial charge in [0.15, 0.2) is 11.9 Å². The zero-order chi connectivity index (χ0) is 17.1. The molecule has 1 fully saturated rings. The molecule has 0 unspecified atom stereocenters. The third kappa shape index (κ3) is 2.83. The molecule has 1 saturated heterocycles. The van der Waals surface area contributed by atoms with Crippen molar-refractivity contribution in [1.29, 1.82) is 0 Å². The fourth-order valence-electron chi connectivity index (χ4n) is 2.96. The zero-order valence-electron chi connectivity index (χ0n) is 13.5. The Morgan fingerprint density at radius 1 is 1.04 bits per heavy atom. The Hall–Kier alpha value is -2.88. The molecule has 2 aromatic carbocycles. The minimum Gasteiger partial charge on any atom is -0.438 e. The summed E-state index contributed by atoms with van der Waals surface area (Å²) in [6, 6.07) is 18.7. The van der Waals surface area contributed by atoms with Crippen molar-refractivity contribution in [3.8, 4) is 0 Å². The van der Waals surface area contributed by atoms with Crippen molar-refractivity contribution in [1.82, 2.24) is 4.90 Å². The molecule has 3 rings (SSSR count). The molecule has 0 radical (unpaired) electrons. The van der Waals surface area contributed by atoms with E-state index >= 15 is 0 Å². The first kappa shape index (κ1) is 16.0. The van der Waals surface area contributed by atoms with E-state index in [2.05, 4.69) is 6.58 Å². The van der Waals surface area contributed by atoms with Gasteiger partial charge in [0.2, 0.25) is 0 Å². The maximum absolute atomic E-state index is 12.5. The van der Waals surface area contributed by atoms with E-state index in [4.69, 9.17) is 4.74 Å². The Kier molecular flexibility index (Phi) is 4.47. The molecule has 24 heavy (non-hydrogen) atoms. The van der Waals surface area contributed by atoms with Crippen LogP contribution in [0.1, 0.15) is 36.6 Å². The van der Waals surface area contributed by atoms with Gasteiger partial charge in [-0.1, -0.05) is 74.2 Å². The van der Waals surface area contributed by atoms with Crippen molar-refractivity contribution in [2.45, 2.75) is 25.5 Å². The van der Waals surface area contributed by atoms with Gasteiger partial charge in [0.25, 0.3) is 0 Å². The number of ether oxygens (including phenoxy) is 1. The number of benzene rings is 2. The number of ketones is 1. The smallest absolute Gasteiger partial charge is 0.415 e. The summed E-state index contributed by atoms with van der Waals surface area (Å²) in [6.45, 7) is 5.59. The van der Waals surface area contributed by atoms with E-state index in [0.29, 0.717) is 6.42 Å². The van der Waals surface area contributed by atoms with E-state index in [0.717, 1.165) is 11.1 Å². The van der Waals surface area contributed by atoms with Gasteiger partial charge in [0.1, 0.15) is 6.04 Å². The minimum atomic E-state index is -0.537. The van der Waals surface area contributed by atoms with Gasteiger partial charge < -0.3 is 4.74 Å². The third-order valence-corrected chi connectivity index (χ3v) is 4.19. The van der Waals surface area contributed by atoms with Crippen LogP contribution in [0.2, 0.25) is 0 Å². The molecule has 122 valence electrons. The lowest BCUT2D eigenvalue weighted by Crippen LogP contribution is -2.30. The predicted octanol–water partition coefficient (Wildman–Crippen LogP) is 4.41. The van der Waals surface area contributed by atoms with Gasteiger partial charge in [0.05, 0.1) is 5.70 Å². The highest BCUT2D eigenvalue weighted by Gasteiger charge is 2.45. The number of allylic oxidation sites excluding steroid dienone is 1. The fourth-order valence-corrected chi connectivity index (χ4v) is 2.96. The Balaban J connectivity index is 2.06. The summed E-state index contributed by atoms with van der Waals surface area (Å²) in [5, 5.41) is 0. The van der Waals surface area contributed by atoms with E-state index in [1.807, 2.05) is 60.7 Å². The van der Waals surface area contributed by atoms with Crippen LogP contribution in [-0.4, -0.2) is 16.8 Å². The molecule has 2 atom stereocenters. The van der Waals surface area contributed by atoms with E-state index in [-0.39, 0.29) is 11.5 Å². The summed E-state index contributed by atoms with van der Waals surface area (Å²) in [7, 11) is 0. The Bertz CT molecular complexity index is 755. The Morgan fingerprint density at radius 2 is 1.58 bits per heavy atom. The summed E-state index contributed by atoms with van der Waals surface area (Å²) < 4.78 is 5.62. The van der Waals surface area contributed by atoms with Crippen LogP contribution >= 0.6 is 0 Å². The molecule has 0 aromatic heterocycles. The molecule has 4 heteroatoms. The summed E-state index contributed by atoms with van der Waals surface area (Å²) in [5.74, 6) is -0.165. The van der Waals surface area contributed by atoms with Gasteiger partial charge >= 0.3 is 6.09 Å². The highest BCUT2D eigenvalue weighted by molar-refractivity contribution is 5.97. The molecule has 1 aliphatic heterocycles. The first-order valence-electron chi connectivity index (χ1n) is 7.95. The van der Waals surface area contributed by atoms with E-state index in [1.54, 1.807) is 6.92 Å². The minimum absolute atomic E-state index is 0.165. The third-order valence-electron chi connectivity index (χ3n) is 4.19. The molecule has 2 aromatic rings. The largest absolute Gasteiger partial charge is 0.438 e. The SMILES string of the molecule is C=C(C(=O)CC)N1C(=O)O[C@@H](c2ccccc2)[C@H]1c1ccccc1. The van der Waals surface area contributed by atoms with Crippen LogP contribution in [0.4, 0.5) is 4.79 Å². The van der Waals surface area contributed by atoms with Gasteiger partial charge in [-0.2, -0.15) is 0 Å². The van der Waals surface area contributed by atoms with Crippen molar-refractivity contribution in [2.24, 2.45) is 0 Å². The van der Waals surface area contributed by atoms with Gasteiger partial charge in [-0.25, -0.2) is 4.79 Å². The van der Waals surface area contributed by atoms with Crippen molar-refractivity contribution in [3.05, 3.63) is 84.1 Å². The maximum Gasteiger partial charge on any atom is 0.415 e. The average molecular weight is 321 g/mol. The van der Waals surface area contributed by atoms with Crippen LogP contribution in [-0.2, 0) is 9.53 Å². The molecule has 0 N–H and O–H groups in total. The molecule has 1 heterocycles. The molecule has 4 nitrogen and oxygen atoms in total. The van der Waals surface area contributed by atoms with Gasteiger partial charge in [-0.15, -0.1) is 0 Å². The Morgan fingerprint density at radius 3 is 2.12 bits per heavy atom. The summed E-state index contributed by atoms with van der Waals surface area (Å²) in [6.07, 6.45) is -0.729. The molecule has 0 saturated carbocycles. The molecule has 0 aliphatic carbocycles. The summed E-state index contributed by atoms with van der Waals surface area (Å²) in [5.41, 5.74) is 1.97. The quantitative estimate of drug-likeness (QED) is 0.766. The highest BCUT2D eigenvalue weighted by Crippen LogP contribution is 2.44. The lowest BCUT2D eigenvalue weighted by atomic mass is 9.95. The number of Topliss-reactive ketones (excluding diaryl/α,β-unsaturated/α-hetero) is 1. The molecular weight excluding hydrogens is 302 g/mol. The van der Waals surface area contributed by atoms with Crippen molar-refractivity contribution in [3.63, 3.8) is 0 Å². The maximum atomic E-state index is 12.5. The molecule has 1 aliphatic rings. The van der Waals surface area contributed by atoms with Crippen LogP contribution in [0, 0.1) is 0 Å². The first-order valence-corrected chi connectivity index (χ1v) is 7.95. The summed E-state index contributed by atoms with van der Waals surface area (Å²) in [4.78, 5) is 26.0. The monoisotopic (exact) mass is 321 g/mol. The second kappa shape index (κ2) is 6.71. The number of carbonyl (C=O) groups is 2. The standard InChI is InChI=1S/C20H19NO3/c1-3-17(22)14(2)21-18(15-10-6-4-7-11-15)19(24-20(21)23)16-12-8-5-9-13-16/h4-13,18-19H,2-3H2,1H3/t18-,19+/m1/s1. The van der Waals surface area contributed by atoms with Gasteiger partial charge in [0, 0.05) is 6.42 Å². The molecule has 1 amide bonds. The van der Waals surface area contributed by atoms with Crippen LogP contribution in [0.3, 0.4) is 0 Å². The van der Waals surface area contributed by atoms with E-state index in [1.165, 1.54) is 4.90 Å². The topological polar surface area (TPSA) is 46.6 Å². The predicted molar refractivity (Wildman–Crippen MR) is 91.1 cm³/mol. The number of cyclic esters (lactones) is 1. The second-order valence-electron chi connectivity index (χ2n) is 5.66. The zero-order valence-corrected chi connectivity index (χ0v) is 13.5. The molecule has 0 bridgehead atoms. The average Bonchev–Trinajstić information content (AvgIpc) is 2.99. The van der Waals surface area contributed by atoms with E-state index < -0.39 is 18.2 Å². The van der Waals surface area contributed by atoms with Gasteiger partial charge in [-0.3, -0.25) is 9.69 Å². The number of hydrogen-bond acceptors (Lipinski definition) is 3. The number of carbonyl (C=O) groups excluding carboxylic acids is 2.